The number of ether oxygens (including phenoxy) is 2. The molecule has 4 heterocycles. The lowest BCUT2D eigenvalue weighted by atomic mass is 9.75. The summed E-state index contributed by atoms with van der Waals surface area (Å²) in [4.78, 5) is 32.9. The van der Waals surface area contributed by atoms with Gasteiger partial charge in [-0.25, -0.2) is 9.37 Å². The van der Waals surface area contributed by atoms with Crippen LogP contribution in [0.2, 0.25) is 0 Å². The molecule has 3 aliphatic rings. The number of hydrogen-bond acceptors (Lipinski definition) is 6. The minimum absolute atomic E-state index is 0.0505. The third kappa shape index (κ3) is 4.26. The Labute approximate surface area is 201 Å². The van der Waals surface area contributed by atoms with Crippen molar-refractivity contribution in [3.05, 3.63) is 53.6 Å². The maximum absolute atomic E-state index is 13.9. The van der Waals surface area contributed by atoms with Gasteiger partial charge in [-0.2, -0.15) is 0 Å². The summed E-state index contributed by atoms with van der Waals surface area (Å²) in [5, 5.41) is 6.54. The van der Waals surface area contributed by atoms with E-state index >= 15 is 0 Å². The normalized spacial score (nSPS) is 23.3. The third-order valence-corrected chi connectivity index (χ3v) is 7.30. The smallest absolute Gasteiger partial charge is 0.270 e. The molecule has 0 bridgehead atoms. The van der Waals surface area contributed by atoms with Crippen LogP contribution in [0.3, 0.4) is 0 Å². The molecule has 6 rings (SSSR count). The third-order valence-electron chi connectivity index (χ3n) is 7.30. The maximum atomic E-state index is 13.9. The fourth-order valence-electron chi connectivity index (χ4n) is 5.44. The number of nitrogens with one attached hydrogen (secondary N) is 2. The van der Waals surface area contributed by atoms with Gasteiger partial charge < -0.3 is 20.1 Å². The number of rotatable bonds is 3. The first-order chi connectivity index (χ1) is 17.0. The van der Waals surface area contributed by atoms with E-state index in [0.717, 1.165) is 54.3 Å². The zero-order chi connectivity index (χ0) is 23.9. The number of hydrogen-bond donors (Lipinski definition) is 2. The second-order valence-electron chi connectivity index (χ2n) is 9.50. The van der Waals surface area contributed by atoms with Crippen LogP contribution in [0, 0.1) is 17.7 Å². The van der Waals surface area contributed by atoms with Crippen LogP contribution in [-0.2, 0) is 11.2 Å². The molecule has 1 unspecified atom stereocenters. The van der Waals surface area contributed by atoms with Crippen LogP contribution in [0.4, 0.5) is 10.2 Å². The predicted molar refractivity (Wildman–Crippen MR) is 126 cm³/mol. The van der Waals surface area contributed by atoms with Crippen LogP contribution in [-0.4, -0.2) is 41.0 Å². The van der Waals surface area contributed by atoms with Crippen molar-refractivity contribution in [2.75, 3.05) is 18.5 Å². The van der Waals surface area contributed by atoms with Gasteiger partial charge in [0.2, 0.25) is 0 Å². The van der Waals surface area contributed by atoms with E-state index in [1.165, 1.54) is 6.07 Å². The number of pyridine rings is 2. The first kappa shape index (κ1) is 21.8. The van der Waals surface area contributed by atoms with Gasteiger partial charge in [0.25, 0.3) is 11.8 Å². The number of carbonyl (C=O) groups excluding carboxylic acids is 2. The summed E-state index contributed by atoms with van der Waals surface area (Å²) in [6, 6.07) is 8.02. The van der Waals surface area contributed by atoms with Crippen LogP contribution in [0.25, 0.3) is 10.9 Å². The first-order valence-electron chi connectivity index (χ1n) is 12.0. The van der Waals surface area contributed by atoms with E-state index in [1.807, 2.05) is 0 Å². The van der Waals surface area contributed by atoms with E-state index in [9.17, 15) is 14.0 Å². The van der Waals surface area contributed by atoms with Crippen LogP contribution >= 0.6 is 0 Å². The van der Waals surface area contributed by atoms with Gasteiger partial charge in [-0.05, 0) is 68.4 Å². The molecule has 9 heteroatoms. The summed E-state index contributed by atoms with van der Waals surface area (Å²) in [5.74, 6) is 1.49. The van der Waals surface area contributed by atoms with Gasteiger partial charge >= 0.3 is 0 Å². The average Bonchev–Trinajstić information content (AvgIpc) is 2.88. The SMILES string of the molecule is O=C1COc2ccc(C(=O)NC3CCC(C4COc5cnc6ccc(F)cc6c5C4)CC3)nc2N1. The monoisotopic (exact) mass is 476 g/mol. The van der Waals surface area contributed by atoms with Crippen molar-refractivity contribution < 1.29 is 23.5 Å². The Kier molecular flexibility index (Phi) is 5.47. The van der Waals surface area contributed by atoms with Crippen molar-refractivity contribution in [1.29, 1.82) is 0 Å². The summed E-state index contributed by atoms with van der Waals surface area (Å²) >= 11 is 0. The van der Waals surface area contributed by atoms with Crippen LogP contribution in [0.1, 0.15) is 41.7 Å². The lowest BCUT2D eigenvalue weighted by Crippen LogP contribution is -2.40. The Balaban J connectivity index is 1.08. The highest BCUT2D eigenvalue weighted by Crippen LogP contribution is 2.39. The Hall–Kier alpha value is -3.75. The molecule has 1 saturated carbocycles. The van der Waals surface area contributed by atoms with E-state index in [0.29, 0.717) is 24.2 Å². The van der Waals surface area contributed by atoms with Gasteiger partial charge in [0.1, 0.15) is 17.3 Å². The molecule has 1 aromatic carbocycles. The highest BCUT2D eigenvalue weighted by Gasteiger charge is 2.33. The molecule has 3 aromatic rings. The molecule has 0 saturated heterocycles. The van der Waals surface area contributed by atoms with Crippen molar-refractivity contribution in [2.24, 2.45) is 11.8 Å². The summed E-state index contributed by atoms with van der Waals surface area (Å²) in [6.45, 7) is 0.578. The zero-order valence-electron chi connectivity index (χ0n) is 19.1. The fraction of sp³-hybridized carbons (Fsp3) is 0.385. The Morgan fingerprint density at radius 3 is 2.77 bits per heavy atom. The van der Waals surface area contributed by atoms with Crippen LogP contribution in [0.5, 0.6) is 11.5 Å². The highest BCUT2D eigenvalue weighted by atomic mass is 19.1. The summed E-state index contributed by atoms with van der Waals surface area (Å²) in [6.07, 6.45) is 6.28. The number of amides is 2. The van der Waals surface area contributed by atoms with E-state index in [1.54, 1.807) is 30.5 Å². The van der Waals surface area contributed by atoms with Crippen molar-refractivity contribution in [1.82, 2.24) is 15.3 Å². The lowest BCUT2D eigenvalue weighted by molar-refractivity contribution is -0.118. The largest absolute Gasteiger partial charge is 0.491 e. The minimum Gasteiger partial charge on any atom is -0.491 e. The zero-order valence-corrected chi connectivity index (χ0v) is 19.1. The summed E-state index contributed by atoms with van der Waals surface area (Å²) in [5.41, 5.74) is 2.07. The number of halogens is 1. The molecular formula is C26H25FN4O4. The molecule has 0 spiro atoms. The van der Waals surface area contributed by atoms with Gasteiger partial charge in [0.05, 0.1) is 18.3 Å². The second-order valence-corrected chi connectivity index (χ2v) is 9.50. The second kappa shape index (κ2) is 8.79. The number of benzene rings is 1. The Morgan fingerprint density at radius 2 is 1.91 bits per heavy atom. The molecule has 2 N–H and O–H groups in total. The van der Waals surface area contributed by atoms with E-state index < -0.39 is 0 Å². The first-order valence-corrected chi connectivity index (χ1v) is 12.0. The molecule has 1 fully saturated rings. The summed E-state index contributed by atoms with van der Waals surface area (Å²) in [7, 11) is 0. The Bertz CT molecular complexity index is 1320. The number of nitrogens with zero attached hydrogens (tertiary/aromatic N) is 2. The highest BCUT2D eigenvalue weighted by molar-refractivity contribution is 5.97. The standard InChI is InChI=1S/C26H25FN4O4/c27-16-3-6-20-18(10-16)19-9-15(12-34-23(19)11-28-20)14-1-4-17(5-2-14)29-26(33)21-7-8-22-25(30-21)31-24(32)13-35-22/h3,6-8,10-11,14-15,17H,1-2,4-5,9,12-13H2,(H,29,33)(H,30,31,32). The molecule has 35 heavy (non-hydrogen) atoms. The molecule has 2 aromatic heterocycles. The molecule has 8 nitrogen and oxygen atoms in total. The fourth-order valence-corrected chi connectivity index (χ4v) is 5.44. The van der Waals surface area contributed by atoms with Gasteiger partial charge in [-0.3, -0.25) is 14.6 Å². The van der Waals surface area contributed by atoms with Gasteiger partial charge in [0.15, 0.2) is 18.2 Å². The average molecular weight is 477 g/mol. The molecule has 1 aliphatic carbocycles. The predicted octanol–water partition coefficient (Wildman–Crippen LogP) is 3.64. The topological polar surface area (TPSA) is 102 Å². The number of anilines is 1. The molecule has 2 aliphatic heterocycles. The molecular weight excluding hydrogens is 451 g/mol. The van der Waals surface area contributed by atoms with Crippen LogP contribution < -0.4 is 20.1 Å². The summed E-state index contributed by atoms with van der Waals surface area (Å²) < 4.78 is 25.2. The van der Waals surface area contributed by atoms with Crippen molar-refractivity contribution in [3.63, 3.8) is 0 Å². The quantitative estimate of drug-likeness (QED) is 0.599. The molecule has 1 atom stereocenters. The van der Waals surface area contributed by atoms with E-state index in [-0.39, 0.29) is 41.8 Å². The van der Waals surface area contributed by atoms with Gasteiger partial charge in [0, 0.05) is 22.9 Å². The van der Waals surface area contributed by atoms with Crippen molar-refractivity contribution >= 4 is 28.5 Å². The van der Waals surface area contributed by atoms with Gasteiger partial charge in [-0.1, -0.05) is 0 Å². The van der Waals surface area contributed by atoms with Crippen molar-refractivity contribution in [3.8, 4) is 11.5 Å². The lowest BCUT2D eigenvalue weighted by Gasteiger charge is -2.36. The number of aromatic nitrogens is 2. The van der Waals surface area contributed by atoms with Crippen LogP contribution in [0.15, 0.2) is 36.5 Å². The molecule has 180 valence electrons. The van der Waals surface area contributed by atoms with E-state index in [2.05, 4.69) is 20.6 Å². The van der Waals surface area contributed by atoms with E-state index in [4.69, 9.17) is 9.47 Å². The van der Waals surface area contributed by atoms with Crippen molar-refractivity contribution in [2.45, 2.75) is 38.1 Å². The minimum atomic E-state index is -0.287. The number of fused-ring (bicyclic) bond motifs is 4. The van der Waals surface area contributed by atoms with Gasteiger partial charge in [-0.15, -0.1) is 0 Å². The Morgan fingerprint density at radius 1 is 1.06 bits per heavy atom. The molecule has 2 amide bonds. The molecule has 0 radical (unpaired) electrons. The number of carbonyl (C=O) groups is 2. The maximum Gasteiger partial charge on any atom is 0.270 e.